The van der Waals surface area contributed by atoms with Crippen LogP contribution in [-0.4, -0.2) is 86.8 Å². The number of hydrogen-bond donors (Lipinski definition) is 8. The van der Waals surface area contributed by atoms with E-state index in [1.807, 2.05) is 25.1 Å². The lowest BCUT2D eigenvalue weighted by molar-refractivity contribution is -0.174. The minimum Gasteiger partial charge on any atom is -0.508 e. The van der Waals surface area contributed by atoms with Gasteiger partial charge in [-0.15, -0.1) is 0 Å². The van der Waals surface area contributed by atoms with Gasteiger partial charge in [0.05, 0.1) is 6.92 Å². The molecule has 14 atom stereocenters. The summed E-state index contributed by atoms with van der Waals surface area (Å²) in [7, 11) is 0. The van der Waals surface area contributed by atoms with Gasteiger partial charge in [-0.25, -0.2) is 0 Å². The van der Waals surface area contributed by atoms with Crippen LogP contribution in [0.1, 0.15) is 351 Å². The van der Waals surface area contributed by atoms with Crippen LogP contribution in [0.25, 0.3) is 0 Å². The number of rotatable bonds is 23. The van der Waals surface area contributed by atoms with Gasteiger partial charge in [0.1, 0.15) is 103 Å². The van der Waals surface area contributed by atoms with Crippen molar-refractivity contribution in [2.24, 2.45) is 63.6 Å². The zero-order valence-electron chi connectivity index (χ0n) is 74.9. The number of allylic oxidation sites excluding steroid dienone is 1. The quantitative estimate of drug-likeness (QED) is 0.00992. The number of unbranched alkanes of at least 4 members (excludes halogenated alkanes) is 10. The summed E-state index contributed by atoms with van der Waals surface area (Å²) in [5, 5.41) is 81.6. The molecule has 18 rings (SSSR count). The van der Waals surface area contributed by atoms with Crippen LogP contribution in [0.15, 0.2) is 78.9 Å². The van der Waals surface area contributed by atoms with Gasteiger partial charge in [-0.3, -0.25) is 24.0 Å². The third-order valence-corrected chi connectivity index (χ3v) is 29.5. The first-order chi connectivity index (χ1) is 56.1. The van der Waals surface area contributed by atoms with Crippen LogP contribution in [0.3, 0.4) is 0 Å². The van der Waals surface area contributed by atoms with Crippen LogP contribution in [0.2, 0.25) is 0 Å². The maximum absolute atomic E-state index is 12.3. The topological polar surface area (TPSA) is 275 Å². The molecule has 9 fully saturated rings. The first-order valence-corrected chi connectivity index (χ1v) is 45.7. The zero-order chi connectivity index (χ0) is 87.0. The Balaban J connectivity index is 0.000000152. The molecule has 9 saturated carbocycles. The zero-order valence-corrected chi connectivity index (χ0v) is 74.9. The van der Waals surface area contributed by atoms with Crippen LogP contribution in [-0.2, 0) is 60.8 Å². The largest absolute Gasteiger partial charge is 0.508 e. The van der Waals surface area contributed by atoms with Gasteiger partial charge in [-0.1, -0.05) is 133 Å². The number of hydrogen-bond acceptors (Lipinski definition) is 16. The van der Waals surface area contributed by atoms with Crippen molar-refractivity contribution in [3.05, 3.63) is 136 Å². The lowest BCUT2D eigenvalue weighted by atomic mass is 9.44. The monoisotopic (exact) mass is 1640 g/mol. The molecule has 11 aliphatic carbocycles. The van der Waals surface area contributed by atoms with Crippen LogP contribution in [0.5, 0.6) is 57.5 Å². The molecule has 0 spiro atoms. The summed E-state index contributed by atoms with van der Waals surface area (Å²) in [5.74, 6) is 6.82. The molecule has 0 amide bonds. The number of ketones is 4. The van der Waals surface area contributed by atoms with E-state index in [1.165, 1.54) is 51.5 Å². The van der Waals surface area contributed by atoms with Gasteiger partial charge >= 0.3 is 5.97 Å². The Morgan fingerprint density at radius 3 is 1.02 bits per heavy atom. The van der Waals surface area contributed by atoms with E-state index in [-0.39, 0.29) is 115 Å². The second-order valence-corrected chi connectivity index (χ2v) is 39.7. The summed E-state index contributed by atoms with van der Waals surface area (Å²) < 4.78 is 18.0. The van der Waals surface area contributed by atoms with Crippen molar-refractivity contribution < 1.29 is 79.0 Å². The molecular weight excluding hydrogens is 1500 g/mol. The summed E-state index contributed by atoms with van der Waals surface area (Å²) in [6.45, 7) is 37.7. The molecule has 5 aromatic carbocycles. The Bertz CT molecular complexity index is 4130. The van der Waals surface area contributed by atoms with Crippen LogP contribution < -0.4 is 9.47 Å². The Kier molecular flexibility index (Phi) is 30.5. The first-order valence-electron chi connectivity index (χ1n) is 45.7. The van der Waals surface area contributed by atoms with E-state index >= 15 is 0 Å². The fourth-order valence-corrected chi connectivity index (χ4v) is 22.5. The number of phenols is 8. The number of benzene rings is 5. The van der Waals surface area contributed by atoms with Gasteiger partial charge in [-0.2, -0.15) is 0 Å². The molecule has 16 heteroatoms. The lowest BCUT2D eigenvalue weighted by Crippen LogP contribution is -2.59. The predicted octanol–water partition coefficient (Wildman–Crippen LogP) is 23.8. The van der Waals surface area contributed by atoms with Crippen LogP contribution >= 0.6 is 0 Å². The van der Waals surface area contributed by atoms with Gasteiger partial charge in [0.2, 0.25) is 0 Å². The molecule has 2 heterocycles. The average Bonchev–Trinajstić information content (AvgIpc) is 0.721. The molecule has 6 bridgehead atoms. The maximum Gasteiger partial charge on any atom is 0.303 e. The molecule has 4 unspecified atom stereocenters. The molecule has 8 N–H and O–H groups in total. The number of Topliss-reactive ketones (excluding diaryl/α,β-unsaturated/α-hetero) is 4. The van der Waals surface area contributed by atoms with E-state index in [1.54, 1.807) is 36.4 Å². The van der Waals surface area contributed by atoms with Crippen molar-refractivity contribution >= 4 is 29.1 Å². The fourth-order valence-electron chi connectivity index (χ4n) is 22.5. The highest BCUT2D eigenvalue weighted by Gasteiger charge is 2.64. The first kappa shape index (κ1) is 93.1. The summed E-state index contributed by atoms with van der Waals surface area (Å²) in [4.78, 5) is 59.6. The SMILES string of the molecule is CC1(C)Oc2cc(CCCC[13CH3])cc(O)c2[C@@H]2CC(=O)CC[C@H]21.CC1(C)Oc2cc(CCCC[13CH3])cc(O)c2[C@@H]2CC(=O)CC[C@H]21.CC1(C)[C@@H]2C[C@H]1C(=O)CC2c1c(O)cc(CCCC[13CH3])cc1O.CC1(C)[C@@H]2C[C@H]1C(=O)CC2c1c(O)cc(CCCC[13CH3])cc1O.[13CH3]CCCCc1cc(O)cc(O)c1.[CH2+]C1(C)[C@H]2C=CC(C)(OC(C)=O)[C@@H]1C2. The number of esters is 1. The van der Waals surface area contributed by atoms with Gasteiger partial charge in [-0.05, 0) is 255 Å². The Morgan fingerprint density at radius 1 is 0.412 bits per heavy atom. The van der Waals surface area contributed by atoms with Crippen molar-refractivity contribution in [1.29, 1.82) is 0 Å². The second-order valence-electron chi connectivity index (χ2n) is 39.7. The molecule has 652 valence electrons. The normalized spacial score (nSPS) is 27.8. The van der Waals surface area contributed by atoms with Gasteiger partial charge in [0.25, 0.3) is 0 Å². The molecule has 119 heavy (non-hydrogen) atoms. The highest BCUT2D eigenvalue weighted by atomic mass is 16.6. The summed E-state index contributed by atoms with van der Waals surface area (Å²) in [5.41, 5.74) is 7.14. The number of aromatic hydroxyl groups is 8. The number of carbonyl (C=O) groups is 5. The van der Waals surface area contributed by atoms with Gasteiger partial charge in [0, 0.05) is 133 Å². The van der Waals surface area contributed by atoms with Crippen molar-refractivity contribution in [3.8, 4) is 57.5 Å². The van der Waals surface area contributed by atoms with Crippen molar-refractivity contribution in [3.63, 3.8) is 0 Å². The summed E-state index contributed by atoms with van der Waals surface area (Å²) in [6.07, 6.45) is 33.9. The third-order valence-electron chi connectivity index (χ3n) is 29.5. The average molecular weight is 1640 g/mol. The lowest BCUT2D eigenvalue weighted by Gasteiger charge is -2.59. The number of aryl methyl sites for hydroxylation is 5. The molecule has 5 aromatic rings. The van der Waals surface area contributed by atoms with E-state index in [0.29, 0.717) is 108 Å². The number of ether oxygens (including phenoxy) is 3. The standard InChI is InChI=1S/4C20H28O3.C12H17O2.C11H16O2/c2*1-4-5-6-7-12-8-17(22)19(18(23)9-12)13-10-16(21)15-11-14(13)20(15,2)3;2*1-4-5-6-7-13-10-17(22)19-15-12-14(21)8-9-16(15)20(2,3)23-18(19)11-13;1-8(13)14-12(4)6-5-9-7-10(12)11(9,2)3;1-2-3-4-5-9-6-10(12)8-11(13)7-9/h2*8-9,13-15,22-23H,4-7,10-11H2,1-3H3;2*10-11,15-16,22H,4-9,12H2,1-3H3;5-6,9-10H,2,7H2,1,3-4H3;6-8,12-13H,2-5H2,1H3/q;;;;+1;/t2*13?,14-,15+;2*15-,16-;9-,10+,11?,12?;/m11110./s1/i4*1+1;;1+1. The molecule has 16 nitrogen and oxygen atoms in total. The Morgan fingerprint density at radius 2 is 0.723 bits per heavy atom. The minimum absolute atomic E-state index is 0.0152. The molecule has 0 aromatic heterocycles. The predicted molar refractivity (Wildman–Crippen MR) is 471 cm³/mol. The van der Waals surface area contributed by atoms with E-state index in [2.05, 4.69) is 122 Å². The molecular formula is C103H145O16+. The molecule has 0 saturated heterocycles. The summed E-state index contributed by atoms with van der Waals surface area (Å²) >= 11 is 0. The van der Waals surface area contributed by atoms with Crippen molar-refractivity contribution in [2.75, 3.05) is 0 Å². The van der Waals surface area contributed by atoms with Gasteiger partial charge in [0.15, 0.2) is 0 Å². The third kappa shape index (κ3) is 21.1. The van der Waals surface area contributed by atoms with Crippen molar-refractivity contribution in [2.45, 2.75) is 350 Å². The minimum atomic E-state index is -0.433. The van der Waals surface area contributed by atoms with Crippen LogP contribution in [0.4, 0.5) is 0 Å². The van der Waals surface area contributed by atoms with Gasteiger partial charge < -0.3 is 55.1 Å². The van der Waals surface area contributed by atoms with Crippen LogP contribution in [0, 0.1) is 70.5 Å². The molecule has 13 aliphatic rings. The fraction of sp³-hybridized carbons (Fsp3) is 0.631. The van der Waals surface area contributed by atoms with E-state index in [0.717, 1.165) is 172 Å². The Labute approximate surface area is 711 Å². The number of phenolic OH excluding ortho intramolecular Hbond substituents is 8. The highest BCUT2D eigenvalue weighted by Crippen LogP contribution is 2.67. The smallest absolute Gasteiger partial charge is 0.303 e. The number of carbonyl (C=O) groups excluding carboxylic acids is 5. The van der Waals surface area contributed by atoms with Crippen molar-refractivity contribution in [1.82, 2.24) is 0 Å². The molecule has 0 radical (unpaired) electrons. The Hall–Kier alpha value is -8.14. The summed E-state index contributed by atoms with van der Waals surface area (Å²) in [6, 6.07) is 19.8. The molecule has 2 aliphatic heterocycles. The van der Waals surface area contributed by atoms with E-state index in [4.69, 9.17) is 14.2 Å². The maximum atomic E-state index is 12.3. The second kappa shape index (κ2) is 38.9. The number of fused-ring (bicyclic) bond motifs is 11. The van der Waals surface area contributed by atoms with E-state index < -0.39 is 5.60 Å². The highest BCUT2D eigenvalue weighted by molar-refractivity contribution is 5.87. The van der Waals surface area contributed by atoms with E-state index in [9.17, 15) is 64.8 Å².